The number of hydrogen-bond donors (Lipinski definition) is 4. The standard InChI is InChI=1S/C18H20N4O3/c1-3-25-18(24)21-10-20-12-6-7-15-13(9-12)16(17(23)22-15)11(2)14-5-4-8-19-14/h4-9,19-20H,3,10H2,1-2H3,(H,21,24)(H,22,23)/b16-11-. The first-order chi connectivity index (χ1) is 12.1. The molecule has 0 radical (unpaired) electrons. The highest BCUT2D eigenvalue weighted by Crippen LogP contribution is 2.37. The Morgan fingerprint density at radius 2 is 2.12 bits per heavy atom. The Morgan fingerprint density at radius 3 is 2.84 bits per heavy atom. The number of H-pyrrole nitrogens is 1. The molecule has 0 bridgehead atoms. The fourth-order valence-electron chi connectivity index (χ4n) is 2.75. The number of aromatic nitrogens is 1. The van der Waals surface area contributed by atoms with Gasteiger partial charge in [-0.3, -0.25) is 4.79 Å². The first-order valence-corrected chi connectivity index (χ1v) is 8.05. The number of anilines is 2. The molecule has 0 unspecified atom stereocenters. The molecule has 2 heterocycles. The first-order valence-electron chi connectivity index (χ1n) is 8.05. The van der Waals surface area contributed by atoms with Gasteiger partial charge in [-0.05, 0) is 49.8 Å². The molecule has 3 rings (SSSR count). The smallest absolute Gasteiger partial charge is 0.408 e. The van der Waals surface area contributed by atoms with E-state index in [0.717, 1.165) is 28.2 Å². The monoisotopic (exact) mass is 340 g/mol. The van der Waals surface area contributed by atoms with Crippen molar-refractivity contribution >= 4 is 34.5 Å². The fraction of sp³-hybridized carbons (Fsp3) is 0.222. The molecule has 25 heavy (non-hydrogen) atoms. The van der Waals surface area contributed by atoms with E-state index in [9.17, 15) is 9.59 Å². The largest absolute Gasteiger partial charge is 0.450 e. The van der Waals surface area contributed by atoms with Crippen molar-refractivity contribution < 1.29 is 14.3 Å². The molecule has 130 valence electrons. The van der Waals surface area contributed by atoms with Crippen molar-refractivity contribution in [2.75, 3.05) is 23.9 Å². The number of carbonyl (C=O) groups excluding carboxylic acids is 2. The second-order valence-corrected chi connectivity index (χ2v) is 5.55. The van der Waals surface area contributed by atoms with Crippen molar-refractivity contribution in [3.8, 4) is 0 Å². The van der Waals surface area contributed by atoms with E-state index in [1.807, 2.05) is 43.5 Å². The Hall–Kier alpha value is -3.22. The van der Waals surface area contributed by atoms with Gasteiger partial charge < -0.3 is 25.7 Å². The normalized spacial score (nSPS) is 14.6. The third-order valence-electron chi connectivity index (χ3n) is 3.94. The maximum absolute atomic E-state index is 12.4. The maximum Gasteiger partial charge on any atom is 0.408 e. The van der Waals surface area contributed by atoms with Crippen molar-refractivity contribution in [3.05, 3.63) is 47.8 Å². The highest BCUT2D eigenvalue weighted by Gasteiger charge is 2.27. The van der Waals surface area contributed by atoms with Crippen molar-refractivity contribution in [2.45, 2.75) is 13.8 Å². The minimum Gasteiger partial charge on any atom is -0.450 e. The Balaban J connectivity index is 1.81. The van der Waals surface area contributed by atoms with Crippen LogP contribution < -0.4 is 16.0 Å². The highest BCUT2D eigenvalue weighted by atomic mass is 16.5. The van der Waals surface area contributed by atoms with Crippen LogP contribution in [0, 0.1) is 0 Å². The van der Waals surface area contributed by atoms with Gasteiger partial charge in [-0.1, -0.05) is 0 Å². The number of allylic oxidation sites excluding steroid dienone is 1. The second kappa shape index (κ2) is 7.12. The Labute approximate surface area is 145 Å². The number of carbonyl (C=O) groups is 2. The molecule has 0 fully saturated rings. The Bertz CT molecular complexity index is 825. The van der Waals surface area contributed by atoms with Crippen molar-refractivity contribution in [1.29, 1.82) is 0 Å². The number of ether oxygens (including phenoxy) is 1. The van der Waals surface area contributed by atoms with Crippen molar-refractivity contribution in [2.24, 2.45) is 0 Å². The summed E-state index contributed by atoms with van der Waals surface area (Å²) in [7, 11) is 0. The van der Waals surface area contributed by atoms with E-state index in [-0.39, 0.29) is 12.6 Å². The summed E-state index contributed by atoms with van der Waals surface area (Å²) in [6.45, 7) is 4.22. The van der Waals surface area contributed by atoms with Crippen LogP contribution in [-0.4, -0.2) is 30.3 Å². The average Bonchev–Trinajstić information content (AvgIpc) is 3.21. The van der Waals surface area contributed by atoms with Gasteiger partial charge >= 0.3 is 6.09 Å². The molecule has 1 aliphatic heterocycles. The third-order valence-corrected chi connectivity index (χ3v) is 3.94. The molecule has 4 N–H and O–H groups in total. The van der Waals surface area contributed by atoms with Crippen LogP contribution in [0.15, 0.2) is 36.5 Å². The van der Waals surface area contributed by atoms with Crippen LogP contribution in [0.4, 0.5) is 16.2 Å². The third kappa shape index (κ3) is 3.50. The van der Waals surface area contributed by atoms with Gasteiger partial charge in [0.1, 0.15) is 0 Å². The zero-order valence-corrected chi connectivity index (χ0v) is 14.1. The maximum atomic E-state index is 12.4. The van der Waals surface area contributed by atoms with Crippen LogP contribution in [-0.2, 0) is 9.53 Å². The summed E-state index contributed by atoms with van der Waals surface area (Å²) in [6, 6.07) is 9.40. The number of rotatable bonds is 5. The Morgan fingerprint density at radius 1 is 1.28 bits per heavy atom. The molecule has 7 heteroatoms. The summed E-state index contributed by atoms with van der Waals surface area (Å²) >= 11 is 0. The molecule has 2 amide bonds. The van der Waals surface area contributed by atoms with E-state index < -0.39 is 6.09 Å². The van der Waals surface area contributed by atoms with Gasteiger partial charge in [0.25, 0.3) is 5.91 Å². The SMILES string of the molecule is CCOC(=O)NCNc1ccc2c(c1)/C(=C(\C)c1ccc[nH]1)C(=O)N2. The van der Waals surface area contributed by atoms with Gasteiger partial charge in [-0.25, -0.2) is 4.79 Å². The summed E-state index contributed by atoms with van der Waals surface area (Å²) in [4.78, 5) is 26.8. The van der Waals surface area contributed by atoms with E-state index in [1.165, 1.54) is 0 Å². The Kier molecular flexibility index (Phi) is 4.74. The van der Waals surface area contributed by atoms with Crippen LogP contribution in [0.5, 0.6) is 0 Å². The van der Waals surface area contributed by atoms with E-state index in [4.69, 9.17) is 4.74 Å². The van der Waals surface area contributed by atoms with E-state index in [2.05, 4.69) is 20.9 Å². The zero-order valence-electron chi connectivity index (χ0n) is 14.1. The molecule has 0 saturated carbocycles. The van der Waals surface area contributed by atoms with Crippen LogP contribution in [0.25, 0.3) is 11.1 Å². The van der Waals surface area contributed by atoms with Gasteiger partial charge in [0.05, 0.1) is 18.8 Å². The number of hydrogen-bond acceptors (Lipinski definition) is 4. The average molecular weight is 340 g/mol. The van der Waals surface area contributed by atoms with Crippen molar-refractivity contribution in [3.63, 3.8) is 0 Å². The van der Waals surface area contributed by atoms with Crippen LogP contribution >= 0.6 is 0 Å². The lowest BCUT2D eigenvalue weighted by Crippen LogP contribution is -2.29. The molecule has 0 saturated heterocycles. The number of aromatic amines is 1. The number of benzene rings is 1. The molecular formula is C18H20N4O3. The summed E-state index contributed by atoms with van der Waals surface area (Å²) in [5.74, 6) is -0.121. The number of alkyl carbamates (subject to hydrolysis) is 1. The van der Waals surface area contributed by atoms with E-state index in [1.54, 1.807) is 6.92 Å². The van der Waals surface area contributed by atoms with Gasteiger partial charge in [0.2, 0.25) is 0 Å². The molecule has 7 nitrogen and oxygen atoms in total. The molecule has 0 spiro atoms. The quantitative estimate of drug-likeness (QED) is 0.497. The van der Waals surface area contributed by atoms with E-state index >= 15 is 0 Å². The van der Waals surface area contributed by atoms with Crippen LogP contribution in [0.2, 0.25) is 0 Å². The number of nitrogens with one attached hydrogen (secondary N) is 4. The van der Waals surface area contributed by atoms with Gasteiger partial charge in [-0.2, -0.15) is 0 Å². The summed E-state index contributed by atoms with van der Waals surface area (Å²) in [6.07, 6.45) is 1.35. The molecule has 1 aliphatic rings. The molecular weight excluding hydrogens is 320 g/mol. The molecule has 1 aromatic carbocycles. The van der Waals surface area contributed by atoms with Gasteiger partial charge in [0.15, 0.2) is 0 Å². The molecule has 0 aliphatic carbocycles. The lowest BCUT2D eigenvalue weighted by molar-refractivity contribution is -0.110. The van der Waals surface area contributed by atoms with Crippen LogP contribution in [0.3, 0.4) is 0 Å². The second-order valence-electron chi connectivity index (χ2n) is 5.55. The summed E-state index contributed by atoms with van der Waals surface area (Å²) < 4.78 is 4.80. The van der Waals surface area contributed by atoms with Gasteiger partial charge in [-0.15, -0.1) is 0 Å². The fourth-order valence-corrected chi connectivity index (χ4v) is 2.75. The predicted molar refractivity (Wildman–Crippen MR) is 97.0 cm³/mol. The predicted octanol–water partition coefficient (Wildman–Crippen LogP) is 3.01. The lowest BCUT2D eigenvalue weighted by atomic mass is 9.99. The summed E-state index contributed by atoms with van der Waals surface area (Å²) in [5, 5.41) is 8.56. The van der Waals surface area contributed by atoms with Gasteiger partial charge in [0, 0.05) is 28.8 Å². The first kappa shape index (κ1) is 16.6. The van der Waals surface area contributed by atoms with E-state index in [0.29, 0.717) is 12.2 Å². The van der Waals surface area contributed by atoms with Crippen LogP contribution in [0.1, 0.15) is 25.1 Å². The van der Waals surface area contributed by atoms with Crippen molar-refractivity contribution in [1.82, 2.24) is 10.3 Å². The summed E-state index contributed by atoms with van der Waals surface area (Å²) in [5.41, 5.74) is 4.82. The number of fused-ring (bicyclic) bond motifs is 1. The highest BCUT2D eigenvalue weighted by molar-refractivity contribution is 6.36. The zero-order chi connectivity index (χ0) is 17.8. The molecule has 0 atom stereocenters. The molecule has 2 aromatic rings. The topological polar surface area (TPSA) is 95.2 Å². The lowest BCUT2D eigenvalue weighted by Gasteiger charge is -2.10. The molecule has 1 aromatic heterocycles. The number of amides is 2. The minimum atomic E-state index is -0.476. The minimum absolute atomic E-state index is 0.121.